The second-order valence-corrected chi connectivity index (χ2v) is 8.03. The Kier molecular flexibility index (Phi) is 5.17. The molecule has 5 nitrogen and oxygen atoms in total. The summed E-state index contributed by atoms with van der Waals surface area (Å²) in [7, 11) is 3.52. The van der Waals surface area contributed by atoms with E-state index < -0.39 is 0 Å². The molecule has 2 heterocycles. The van der Waals surface area contributed by atoms with Gasteiger partial charge in [0.25, 0.3) is 0 Å². The maximum atomic E-state index is 11.8. The number of hydrogen-bond donors (Lipinski definition) is 0. The second-order valence-electron chi connectivity index (χ2n) is 8.03. The highest BCUT2D eigenvalue weighted by Gasteiger charge is 2.47. The van der Waals surface area contributed by atoms with Gasteiger partial charge in [-0.15, -0.1) is 0 Å². The molecule has 0 saturated carbocycles. The fourth-order valence-corrected chi connectivity index (χ4v) is 4.22. The number of carbonyl (C=O) groups is 1. The first-order valence-electron chi connectivity index (χ1n) is 9.69. The molecule has 2 aromatic rings. The quantitative estimate of drug-likeness (QED) is 0.814. The molecule has 2 aliphatic rings. The molecule has 0 aliphatic carbocycles. The molecule has 0 N–H and O–H groups in total. The molecule has 2 aromatic carbocycles. The smallest absolute Gasteiger partial charge is 0.248 e. The van der Waals surface area contributed by atoms with Crippen molar-refractivity contribution in [2.24, 2.45) is 0 Å². The number of likely N-dealkylation sites (N-methyl/N-ethyl adjacent to an activating group) is 1. The molecule has 5 heteroatoms. The van der Waals surface area contributed by atoms with Crippen molar-refractivity contribution in [3.05, 3.63) is 48.0 Å². The topological polar surface area (TPSA) is 42.0 Å². The molecule has 2 aliphatic heterocycles. The molecular weight excluding hydrogens is 340 g/mol. The van der Waals surface area contributed by atoms with Crippen LogP contribution in [0.15, 0.2) is 42.5 Å². The van der Waals surface area contributed by atoms with Gasteiger partial charge in [-0.3, -0.25) is 9.69 Å². The largest absolute Gasteiger partial charge is 0.372 e. The number of ether oxygens (including phenoxy) is 2. The van der Waals surface area contributed by atoms with E-state index in [4.69, 9.17) is 9.47 Å². The van der Waals surface area contributed by atoms with Crippen molar-refractivity contribution in [2.75, 3.05) is 40.4 Å². The zero-order chi connectivity index (χ0) is 18.9. The van der Waals surface area contributed by atoms with Gasteiger partial charge in [0.1, 0.15) is 6.61 Å². The van der Waals surface area contributed by atoms with Gasteiger partial charge < -0.3 is 14.4 Å². The van der Waals surface area contributed by atoms with Crippen LogP contribution in [0.3, 0.4) is 0 Å². The average Bonchev–Trinajstić information content (AvgIpc) is 2.65. The lowest BCUT2D eigenvalue weighted by Gasteiger charge is -2.53. The van der Waals surface area contributed by atoms with Crippen LogP contribution >= 0.6 is 0 Å². The molecule has 1 amide bonds. The second kappa shape index (κ2) is 7.58. The third-order valence-electron chi connectivity index (χ3n) is 5.69. The first kappa shape index (κ1) is 18.4. The van der Waals surface area contributed by atoms with E-state index in [1.165, 1.54) is 16.3 Å². The third kappa shape index (κ3) is 4.00. The lowest BCUT2D eigenvalue weighted by Crippen LogP contribution is -2.65. The van der Waals surface area contributed by atoms with Crippen molar-refractivity contribution in [3.63, 3.8) is 0 Å². The van der Waals surface area contributed by atoms with Crippen LogP contribution in [0.5, 0.6) is 0 Å². The standard InChI is InChI=1S/C22H28N2O3/c1-23(2)21(25)14-26-19-10-11-27-22(12-19)15-24(16-22)13-18-8-5-7-17-6-3-4-9-20(17)18/h3-9,19H,10-16H2,1-2H3/t19-/m0/s1. The average molecular weight is 368 g/mol. The van der Waals surface area contributed by atoms with Gasteiger partial charge in [-0.25, -0.2) is 0 Å². The monoisotopic (exact) mass is 368 g/mol. The summed E-state index contributed by atoms with van der Waals surface area (Å²) in [6.45, 7) is 3.67. The van der Waals surface area contributed by atoms with Crippen LogP contribution in [0.25, 0.3) is 10.8 Å². The first-order chi connectivity index (χ1) is 13.0. The highest BCUT2D eigenvalue weighted by molar-refractivity contribution is 5.85. The lowest BCUT2D eigenvalue weighted by molar-refractivity contribution is -0.199. The Morgan fingerprint density at radius 1 is 1.22 bits per heavy atom. The lowest BCUT2D eigenvalue weighted by atomic mass is 9.84. The maximum Gasteiger partial charge on any atom is 0.248 e. The van der Waals surface area contributed by atoms with Crippen molar-refractivity contribution in [1.82, 2.24) is 9.80 Å². The molecule has 1 atom stereocenters. The van der Waals surface area contributed by atoms with E-state index in [-0.39, 0.29) is 24.2 Å². The third-order valence-corrected chi connectivity index (χ3v) is 5.69. The first-order valence-corrected chi connectivity index (χ1v) is 9.69. The number of hydrogen-bond acceptors (Lipinski definition) is 4. The minimum Gasteiger partial charge on any atom is -0.372 e. The van der Waals surface area contributed by atoms with Crippen LogP contribution in [-0.4, -0.2) is 67.8 Å². The van der Waals surface area contributed by atoms with E-state index in [2.05, 4.69) is 47.4 Å². The molecule has 4 rings (SSSR count). The van der Waals surface area contributed by atoms with E-state index in [1.807, 2.05) is 0 Å². The summed E-state index contributed by atoms with van der Waals surface area (Å²) in [5, 5.41) is 2.62. The highest BCUT2D eigenvalue weighted by Crippen LogP contribution is 2.36. The number of fused-ring (bicyclic) bond motifs is 1. The Hall–Kier alpha value is -1.95. The van der Waals surface area contributed by atoms with Gasteiger partial charge in [0.05, 0.1) is 11.7 Å². The van der Waals surface area contributed by atoms with Crippen molar-refractivity contribution < 1.29 is 14.3 Å². The number of likely N-dealkylation sites (tertiary alicyclic amines) is 1. The number of benzene rings is 2. The van der Waals surface area contributed by atoms with Gasteiger partial charge in [-0.1, -0.05) is 42.5 Å². The van der Waals surface area contributed by atoms with Crippen molar-refractivity contribution in [3.8, 4) is 0 Å². The molecule has 0 aromatic heterocycles. The van der Waals surface area contributed by atoms with Crippen LogP contribution in [-0.2, 0) is 20.8 Å². The minimum atomic E-state index is -0.103. The van der Waals surface area contributed by atoms with Crippen LogP contribution in [0.4, 0.5) is 0 Å². The highest BCUT2D eigenvalue weighted by atomic mass is 16.5. The summed E-state index contributed by atoms with van der Waals surface area (Å²) in [5.74, 6) is 0.0155. The predicted molar refractivity (Wildman–Crippen MR) is 106 cm³/mol. The summed E-state index contributed by atoms with van der Waals surface area (Å²) in [5.41, 5.74) is 1.26. The fraction of sp³-hybridized carbons (Fsp3) is 0.500. The molecule has 0 bridgehead atoms. The molecule has 2 fully saturated rings. The minimum absolute atomic E-state index is 0.0155. The summed E-state index contributed by atoms with van der Waals surface area (Å²) in [6.07, 6.45) is 1.85. The maximum absolute atomic E-state index is 11.8. The number of carbonyl (C=O) groups excluding carboxylic acids is 1. The summed E-state index contributed by atoms with van der Waals surface area (Å²) in [6, 6.07) is 15.1. The summed E-state index contributed by atoms with van der Waals surface area (Å²) < 4.78 is 12.0. The molecule has 1 spiro atoms. The molecule has 0 radical (unpaired) electrons. The fourth-order valence-electron chi connectivity index (χ4n) is 4.22. The number of amides is 1. The van der Waals surface area contributed by atoms with E-state index in [9.17, 15) is 4.79 Å². The van der Waals surface area contributed by atoms with Crippen molar-refractivity contribution in [1.29, 1.82) is 0 Å². The van der Waals surface area contributed by atoms with Crippen LogP contribution in [0.1, 0.15) is 18.4 Å². The normalized spacial score (nSPS) is 21.9. The van der Waals surface area contributed by atoms with E-state index >= 15 is 0 Å². The van der Waals surface area contributed by atoms with Crippen LogP contribution < -0.4 is 0 Å². The van der Waals surface area contributed by atoms with Crippen LogP contribution in [0.2, 0.25) is 0 Å². The zero-order valence-electron chi connectivity index (χ0n) is 16.2. The zero-order valence-corrected chi connectivity index (χ0v) is 16.2. The summed E-state index contributed by atoms with van der Waals surface area (Å²) in [4.78, 5) is 15.8. The SMILES string of the molecule is CN(C)C(=O)CO[C@H]1CCOC2(C1)CN(Cc1cccc3ccccc13)C2. The number of rotatable bonds is 5. The van der Waals surface area contributed by atoms with Gasteiger partial charge >= 0.3 is 0 Å². The van der Waals surface area contributed by atoms with Crippen molar-refractivity contribution >= 4 is 16.7 Å². The van der Waals surface area contributed by atoms with E-state index in [1.54, 1.807) is 19.0 Å². The van der Waals surface area contributed by atoms with Gasteiger partial charge in [-0.2, -0.15) is 0 Å². The van der Waals surface area contributed by atoms with E-state index in [0.717, 1.165) is 32.5 Å². The Bertz CT molecular complexity index is 809. The van der Waals surface area contributed by atoms with Crippen molar-refractivity contribution in [2.45, 2.75) is 31.1 Å². The Labute approximate surface area is 160 Å². The van der Waals surface area contributed by atoms with Crippen LogP contribution in [0, 0.1) is 0 Å². The molecule has 27 heavy (non-hydrogen) atoms. The van der Waals surface area contributed by atoms with Gasteiger partial charge in [0.15, 0.2) is 0 Å². The van der Waals surface area contributed by atoms with Gasteiger partial charge in [-0.05, 0) is 22.8 Å². The Morgan fingerprint density at radius 2 is 2.00 bits per heavy atom. The van der Waals surface area contributed by atoms with Gasteiger partial charge in [0, 0.05) is 46.8 Å². The summed E-state index contributed by atoms with van der Waals surface area (Å²) >= 11 is 0. The molecule has 144 valence electrons. The van der Waals surface area contributed by atoms with Gasteiger partial charge in [0.2, 0.25) is 5.91 Å². The molecule has 2 saturated heterocycles. The Balaban J connectivity index is 1.33. The molecule has 0 unspecified atom stereocenters. The van der Waals surface area contributed by atoms with E-state index in [0.29, 0.717) is 6.61 Å². The number of nitrogens with zero attached hydrogens (tertiary/aromatic N) is 2. The Morgan fingerprint density at radius 3 is 2.81 bits per heavy atom. The molecular formula is C22H28N2O3. The predicted octanol–water partition coefficient (Wildman–Crippen LogP) is 2.68.